The Bertz CT molecular complexity index is 644. The van der Waals surface area contributed by atoms with Gasteiger partial charge in [-0.05, 0) is 55.0 Å². The first-order chi connectivity index (χ1) is 10.8. The van der Waals surface area contributed by atoms with E-state index in [4.69, 9.17) is 0 Å². The first kappa shape index (κ1) is 14.6. The van der Waals surface area contributed by atoms with Gasteiger partial charge in [-0.15, -0.1) is 0 Å². The molecule has 0 saturated carbocycles. The summed E-state index contributed by atoms with van der Waals surface area (Å²) in [5.74, 6) is 0.888. The summed E-state index contributed by atoms with van der Waals surface area (Å²) in [6.45, 7) is 4.09. The van der Waals surface area contributed by atoms with Crippen molar-refractivity contribution in [2.45, 2.75) is 26.2 Å². The van der Waals surface area contributed by atoms with Gasteiger partial charge in [-0.3, -0.25) is 4.99 Å². The van der Waals surface area contributed by atoms with Crippen LogP contribution in [-0.4, -0.2) is 19.0 Å². The van der Waals surface area contributed by atoms with E-state index in [0.29, 0.717) is 0 Å². The largest absolute Gasteiger partial charge is 0.356 e. The van der Waals surface area contributed by atoms with E-state index in [1.807, 2.05) is 0 Å². The van der Waals surface area contributed by atoms with Crippen LogP contribution in [0.2, 0.25) is 0 Å². The number of rotatable bonds is 4. The maximum absolute atomic E-state index is 4.43. The molecule has 1 aliphatic rings. The molecule has 1 aliphatic heterocycles. The molecule has 0 unspecified atom stereocenters. The van der Waals surface area contributed by atoms with E-state index in [-0.39, 0.29) is 0 Å². The minimum absolute atomic E-state index is 0.888. The van der Waals surface area contributed by atoms with Gasteiger partial charge in [0, 0.05) is 18.8 Å². The molecule has 0 saturated heterocycles. The van der Waals surface area contributed by atoms with Crippen molar-refractivity contribution in [3.63, 3.8) is 0 Å². The predicted octanol–water partition coefficient (Wildman–Crippen LogP) is 3.54. The fraction of sp³-hybridized carbons (Fsp3) is 0.316. The second-order valence-electron chi connectivity index (χ2n) is 5.76. The zero-order chi connectivity index (χ0) is 15.2. The molecule has 2 N–H and O–H groups in total. The topological polar surface area (TPSA) is 36.4 Å². The minimum Gasteiger partial charge on any atom is -0.356 e. The van der Waals surface area contributed by atoms with Crippen molar-refractivity contribution in [2.75, 3.05) is 18.4 Å². The highest BCUT2D eigenvalue weighted by Gasteiger charge is 2.04. The number of nitrogens with one attached hydrogen (secondary N) is 2. The van der Waals surface area contributed by atoms with Crippen molar-refractivity contribution in [2.24, 2.45) is 4.99 Å². The summed E-state index contributed by atoms with van der Waals surface area (Å²) < 4.78 is 0. The van der Waals surface area contributed by atoms with Crippen LogP contribution < -0.4 is 10.6 Å². The van der Waals surface area contributed by atoms with E-state index in [2.05, 4.69) is 71.1 Å². The Morgan fingerprint density at radius 2 is 1.86 bits per heavy atom. The van der Waals surface area contributed by atoms with Gasteiger partial charge in [0.1, 0.15) is 0 Å². The van der Waals surface area contributed by atoms with Gasteiger partial charge < -0.3 is 10.6 Å². The van der Waals surface area contributed by atoms with Crippen LogP contribution in [0.5, 0.6) is 0 Å². The number of hydrogen-bond acceptors (Lipinski definition) is 3. The minimum atomic E-state index is 0.888. The number of nitrogens with zero attached hydrogens (tertiary/aromatic N) is 1. The summed E-state index contributed by atoms with van der Waals surface area (Å²) in [4.78, 5) is 4.43. The first-order valence-corrected chi connectivity index (χ1v) is 8.00. The SMILES string of the molecule is Cc1ccccc1CCc1ccc(NC2=NCCCN2)cc1. The van der Waals surface area contributed by atoms with Gasteiger partial charge in [-0.2, -0.15) is 0 Å². The van der Waals surface area contributed by atoms with E-state index in [0.717, 1.165) is 44.0 Å². The second kappa shape index (κ2) is 7.12. The highest BCUT2D eigenvalue weighted by molar-refractivity contribution is 5.93. The van der Waals surface area contributed by atoms with Gasteiger partial charge in [-0.25, -0.2) is 0 Å². The molecule has 3 heteroatoms. The maximum atomic E-state index is 4.43. The van der Waals surface area contributed by atoms with Gasteiger partial charge in [0.05, 0.1) is 0 Å². The number of hydrogen-bond donors (Lipinski definition) is 2. The fourth-order valence-electron chi connectivity index (χ4n) is 2.68. The zero-order valence-corrected chi connectivity index (χ0v) is 13.1. The molecule has 2 aromatic carbocycles. The van der Waals surface area contributed by atoms with Crippen molar-refractivity contribution in [1.82, 2.24) is 5.32 Å². The van der Waals surface area contributed by atoms with Gasteiger partial charge in [-0.1, -0.05) is 36.4 Å². The summed E-state index contributed by atoms with van der Waals surface area (Å²) in [6.07, 6.45) is 3.28. The van der Waals surface area contributed by atoms with Gasteiger partial charge >= 0.3 is 0 Å². The number of anilines is 1. The lowest BCUT2D eigenvalue weighted by atomic mass is 10.0. The lowest BCUT2D eigenvalue weighted by Crippen LogP contribution is -2.35. The van der Waals surface area contributed by atoms with Crippen molar-refractivity contribution in [1.29, 1.82) is 0 Å². The molecular weight excluding hydrogens is 270 g/mol. The summed E-state index contributed by atoms with van der Waals surface area (Å²) in [5, 5.41) is 6.60. The van der Waals surface area contributed by atoms with E-state index in [1.54, 1.807) is 0 Å². The van der Waals surface area contributed by atoms with Crippen LogP contribution in [0.25, 0.3) is 0 Å². The number of benzene rings is 2. The van der Waals surface area contributed by atoms with Crippen molar-refractivity contribution >= 4 is 11.6 Å². The number of aryl methyl sites for hydroxylation is 3. The quantitative estimate of drug-likeness (QED) is 0.904. The average molecular weight is 293 g/mol. The van der Waals surface area contributed by atoms with Crippen molar-refractivity contribution in [3.8, 4) is 0 Å². The molecule has 22 heavy (non-hydrogen) atoms. The highest BCUT2D eigenvalue weighted by Crippen LogP contribution is 2.14. The zero-order valence-electron chi connectivity index (χ0n) is 13.1. The normalized spacial score (nSPS) is 14.1. The van der Waals surface area contributed by atoms with Crippen molar-refractivity contribution < 1.29 is 0 Å². The monoisotopic (exact) mass is 293 g/mol. The number of guanidine groups is 1. The molecule has 0 fully saturated rings. The Morgan fingerprint density at radius 1 is 1.05 bits per heavy atom. The first-order valence-electron chi connectivity index (χ1n) is 8.00. The molecular formula is C19H23N3. The van der Waals surface area contributed by atoms with Crippen LogP contribution >= 0.6 is 0 Å². The molecule has 0 aromatic heterocycles. The van der Waals surface area contributed by atoms with E-state index in [1.165, 1.54) is 16.7 Å². The third kappa shape index (κ3) is 3.88. The lowest BCUT2D eigenvalue weighted by molar-refractivity contribution is 0.740. The van der Waals surface area contributed by atoms with Crippen LogP contribution in [0.4, 0.5) is 5.69 Å². The van der Waals surface area contributed by atoms with Gasteiger partial charge in [0.15, 0.2) is 5.96 Å². The smallest absolute Gasteiger partial charge is 0.195 e. The molecule has 0 spiro atoms. The Kier molecular flexibility index (Phi) is 4.74. The third-order valence-electron chi connectivity index (χ3n) is 4.06. The van der Waals surface area contributed by atoms with Crippen molar-refractivity contribution in [3.05, 3.63) is 65.2 Å². The van der Waals surface area contributed by atoms with Crippen LogP contribution in [0.15, 0.2) is 53.5 Å². The standard InChI is InChI=1S/C19H23N3/c1-15-5-2-3-6-17(15)10-7-16-8-11-18(12-9-16)22-19-20-13-4-14-21-19/h2-3,5-6,8-9,11-12H,4,7,10,13-14H2,1H3,(H2,20,21,22). The van der Waals surface area contributed by atoms with Crippen LogP contribution in [0.3, 0.4) is 0 Å². The summed E-state index contributed by atoms with van der Waals surface area (Å²) >= 11 is 0. The Balaban J connectivity index is 1.57. The molecule has 2 aromatic rings. The second-order valence-corrected chi connectivity index (χ2v) is 5.76. The molecule has 1 heterocycles. The molecule has 0 amide bonds. The molecule has 0 aliphatic carbocycles. The average Bonchev–Trinajstić information content (AvgIpc) is 2.56. The molecule has 0 radical (unpaired) electrons. The molecule has 114 valence electrons. The Labute approximate surface area is 132 Å². The molecule has 3 nitrogen and oxygen atoms in total. The van der Waals surface area contributed by atoms with Crippen LogP contribution in [-0.2, 0) is 12.8 Å². The van der Waals surface area contributed by atoms with Crippen LogP contribution in [0.1, 0.15) is 23.1 Å². The lowest BCUT2D eigenvalue weighted by Gasteiger charge is -2.16. The maximum Gasteiger partial charge on any atom is 0.195 e. The fourth-order valence-corrected chi connectivity index (χ4v) is 2.68. The Hall–Kier alpha value is -2.29. The molecule has 3 rings (SSSR count). The van der Waals surface area contributed by atoms with Gasteiger partial charge in [0.25, 0.3) is 0 Å². The van der Waals surface area contributed by atoms with E-state index >= 15 is 0 Å². The van der Waals surface area contributed by atoms with Crippen LogP contribution in [0, 0.1) is 6.92 Å². The summed E-state index contributed by atoms with van der Waals surface area (Å²) in [5.41, 5.74) is 5.27. The van der Waals surface area contributed by atoms with Gasteiger partial charge in [0.2, 0.25) is 0 Å². The highest BCUT2D eigenvalue weighted by atomic mass is 15.2. The van der Waals surface area contributed by atoms with E-state index in [9.17, 15) is 0 Å². The predicted molar refractivity (Wildman–Crippen MR) is 93.6 cm³/mol. The Morgan fingerprint density at radius 3 is 2.59 bits per heavy atom. The number of aliphatic imine (C=N–C) groups is 1. The van der Waals surface area contributed by atoms with E-state index < -0.39 is 0 Å². The summed E-state index contributed by atoms with van der Waals surface area (Å²) in [6, 6.07) is 17.3. The molecule has 0 bridgehead atoms. The summed E-state index contributed by atoms with van der Waals surface area (Å²) in [7, 11) is 0. The molecule has 0 atom stereocenters. The third-order valence-corrected chi connectivity index (χ3v) is 4.06.